The largest absolute Gasteiger partial charge is 0.389 e. The van der Waals surface area contributed by atoms with Crippen molar-refractivity contribution in [2.45, 2.75) is 63.6 Å². The van der Waals surface area contributed by atoms with Crippen LogP contribution in [0, 0.1) is 0 Å². The van der Waals surface area contributed by atoms with Crippen LogP contribution in [0.5, 0.6) is 0 Å². The van der Waals surface area contributed by atoms with Crippen molar-refractivity contribution in [2.75, 3.05) is 18.5 Å². The Labute approximate surface area is 127 Å². The predicted octanol–water partition coefficient (Wildman–Crippen LogP) is 3.30. The highest BCUT2D eigenvalue weighted by Crippen LogP contribution is 2.25. The van der Waals surface area contributed by atoms with Gasteiger partial charge in [-0.2, -0.15) is 0 Å². The van der Waals surface area contributed by atoms with Crippen molar-refractivity contribution in [3.8, 4) is 0 Å². The average Bonchev–Trinajstić information content (AvgIpc) is 2.99. The Morgan fingerprint density at radius 1 is 1.10 bits per heavy atom. The highest BCUT2D eigenvalue weighted by molar-refractivity contribution is 5.50. The van der Waals surface area contributed by atoms with Gasteiger partial charge in [-0.25, -0.2) is 0 Å². The molecule has 3 heteroatoms. The SMILES string of the molecule is OC(CNc1ccc2c(c1)CCC2)COC1CCCCC1. The van der Waals surface area contributed by atoms with Gasteiger partial charge in [0, 0.05) is 12.2 Å². The fraction of sp³-hybridized carbons (Fsp3) is 0.667. The first-order valence-corrected chi connectivity index (χ1v) is 8.46. The third kappa shape index (κ3) is 4.21. The van der Waals surface area contributed by atoms with Gasteiger partial charge in [0.05, 0.1) is 18.8 Å². The average molecular weight is 289 g/mol. The summed E-state index contributed by atoms with van der Waals surface area (Å²) in [5.74, 6) is 0. The summed E-state index contributed by atoms with van der Waals surface area (Å²) < 4.78 is 5.82. The Kier molecular flexibility index (Phi) is 5.15. The fourth-order valence-corrected chi connectivity index (χ4v) is 3.46. The van der Waals surface area contributed by atoms with E-state index in [0.29, 0.717) is 19.3 Å². The predicted molar refractivity (Wildman–Crippen MR) is 85.8 cm³/mol. The van der Waals surface area contributed by atoms with E-state index in [1.165, 1.54) is 49.7 Å². The van der Waals surface area contributed by atoms with Crippen LogP contribution < -0.4 is 5.32 Å². The van der Waals surface area contributed by atoms with Crippen molar-refractivity contribution >= 4 is 5.69 Å². The molecule has 0 aromatic heterocycles. The van der Waals surface area contributed by atoms with Crippen molar-refractivity contribution < 1.29 is 9.84 Å². The molecule has 2 N–H and O–H groups in total. The Bertz CT molecular complexity index is 455. The maximum atomic E-state index is 10.0. The first-order valence-electron chi connectivity index (χ1n) is 8.46. The molecule has 2 aliphatic rings. The third-order valence-corrected chi connectivity index (χ3v) is 4.72. The van der Waals surface area contributed by atoms with Gasteiger partial charge in [0.25, 0.3) is 0 Å². The summed E-state index contributed by atoms with van der Waals surface area (Å²) in [5, 5.41) is 13.4. The molecule has 2 aliphatic carbocycles. The van der Waals surface area contributed by atoms with Crippen LogP contribution in [0.2, 0.25) is 0 Å². The van der Waals surface area contributed by atoms with Gasteiger partial charge in [0.15, 0.2) is 0 Å². The number of benzene rings is 1. The van der Waals surface area contributed by atoms with Crippen molar-refractivity contribution in [1.82, 2.24) is 0 Å². The van der Waals surface area contributed by atoms with Gasteiger partial charge < -0.3 is 15.2 Å². The molecular weight excluding hydrogens is 262 g/mol. The summed E-state index contributed by atoms with van der Waals surface area (Å²) in [4.78, 5) is 0. The van der Waals surface area contributed by atoms with Crippen molar-refractivity contribution in [1.29, 1.82) is 0 Å². The van der Waals surface area contributed by atoms with E-state index in [-0.39, 0.29) is 0 Å². The van der Waals surface area contributed by atoms with Crippen LogP contribution in [0.15, 0.2) is 18.2 Å². The number of hydrogen-bond acceptors (Lipinski definition) is 3. The molecule has 1 unspecified atom stereocenters. The minimum Gasteiger partial charge on any atom is -0.389 e. The second kappa shape index (κ2) is 7.28. The minimum absolute atomic E-state index is 0.369. The molecule has 1 saturated carbocycles. The second-order valence-electron chi connectivity index (χ2n) is 6.47. The lowest BCUT2D eigenvalue weighted by atomic mass is 9.98. The van der Waals surface area contributed by atoms with Crippen LogP contribution in [0.3, 0.4) is 0 Å². The van der Waals surface area contributed by atoms with Crippen molar-refractivity contribution in [3.05, 3.63) is 29.3 Å². The van der Waals surface area contributed by atoms with Crippen LogP contribution in [0.4, 0.5) is 5.69 Å². The van der Waals surface area contributed by atoms with Gasteiger partial charge in [-0.3, -0.25) is 0 Å². The number of anilines is 1. The minimum atomic E-state index is -0.430. The zero-order valence-corrected chi connectivity index (χ0v) is 12.8. The first kappa shape index (κ1) is 14.9. The molecule has 1 aromatic carbocycles. The van der Waals surface area contributed by atoms with E-state index in [4.69, 9.17) is 4.74 Å². The zero-order valence-electron chi connectivity index (χ0n) is 12.8. The van der Waals surface area contributed by atoms with Gasteiger partial charge in [0.2, 0.25) is 0 Å². The number of hydrogen-bond donors (Lipinski definition) is 2. The molecule has 0 saturated heterocycles. The van der Waals surface area contributed by atoms with Crippen molar-refractivity contribution in [3.63, 3.8) is 0 Å². The summed E-state index contributed by atoms with van der Waals surface area (Å²) in [6.07, 6.45) is 9.82. The molecule has 3 rings (SSSR count). The molecule has 3 nitrogen and oxygen atoms in total. The number of aliphatic hydroxyl groups is 1. The lowest BCUT2D eigenvalue weighted by Gasteiger charge is -2.23. The lowest BCUT2D eigenvalue weighted by Crippen LogP contribution is -2.28. The second-order valence-corrected chi connectivity index (χ2v) is 6.47. The molecule has 0 radical (unpaired) electrons. The number of rotatable bonds is 6. The third-order valence-electron chi connectivity index (χ3n) is 4.72. The highest BCUT2D eigenvalue weighted by Gasteiger charge is 2.16. The number of aryl methyl sites for hydroxylation is 2. The molecule has 116 valence electrons. The topological polar surface area (TPSA) is 41.5 Å². The van der Waals surface area contributed by atoms with E-state index in [2.05, 4.69) is 23.5 Å². The van der Waals surface area contributed by atoms with E-state index in [1.807, 2.05) is 0 Å². The molecule has 0 heterocycles. The molecule has 1 fully saturated rings. The standard InChI is InChI=1S/C18H27NO2/c20-17(13-21-18-7-2-1-3-8-18)12-19-16-10-9-14-5-4-6-15(14)11-16/h9-11,17-20H,1-8,12-13H2. The van der Waals surface area contributed by atoms with Gasteiger partial charge in [-0.15, -0.1) is 0 Å². The van der Waals surface area contributed by atoms with Gasteiger partial charge in [-0.05, 0) is 55.4 Å². The fourth-order valence-electron chi connectivity index (χ4n) is 3.46. The molecule has 0 amide bonds. The van der Waals surface area contributed by atoms with E-state index in [0.717, 1.165) is 18.5 Å². The smallest absolute Gasteiger partial charge is 0.0945 e. The quantitative estimate of drug-likeness (QED) is 0.844. The Hall–Kier alpha value is -1.06. The van der Waals surface area contributed by atoms with Gasteiger partial charge >= 0.3 is 0 Å². The molecule has 1 aromatic rings. The van der Waals surface area contributed by atoms with E-state index < -0.39 is 6.10 Å². The highest BCUT2D eigenvalue weighted by atomic mass is 16.5. The zero-order chi connectivity index (χ0) is 14.5. The van der Waals surface area contributed by atoms with Crippen molar-refractivity contribution in [2.24, 2.45) is 0 Å². The number of fused-ring (bicyclic) bond motifs is 1. The molecule has 1 atom stereocenters. The van der Waals surface area contributed by atoms with Gasteiger partial charge in [-0.1, -0.05) is 25.3 Å². The Morgan fingerprint density at radius 3 is 2.76 bits per heavy atom. The number of ether oxygens (including phenoxy) is 1. The van der Waals surface area contributed by atoms with Crippen LogP contribution in [-0.2, 0) is 17.6 Å². The van der Waals surface area contributed by atoms with Gasteiger partial charge in [0.1, 0.15) is 0 Å². The monoisotopic (exact) mass is 289 g/mol. The summed E-state index contributed by atoms with van der Waals surface area (Å²) in [5.41, 5.74) is 4.07. The summed E-state index contributed by atoms with van der Waals surface area (Å²) in [7, 11) is 0. The molecular formula is C18H27NO2. The van der Waals surface area contributed by atoms with Crippen LogP contribution in [-0.4, -0.2) is 30.5 Å². The molecule has 0 aliphatic heterocycles. The number of nitrogens with one attached hydrogen (secondary N) is 1. The summed E-state index contributed by atoms with van der Waals surface area (Å²) in [6.45, 7) is 1.01. The Balaban J connectivity index is 1.40. The summed E-state index contributed by atoms with van der Waals surface area (Å²) in [6, 6.07) is 6.57. The van der Waals surface area contributed by atoms with E-state index in [1.54, 1.807) is 0 Å². The number of aliphatic hydroxyl groups excluding tert-OH is 1. The lowest BCUT2D eigenvalue weighted by molar-refractivity contribution is -0.0195. The first-order chi connectivity index (χ1) is 10.3. The van der Waals surface area contributed by atoms with Crippen LogP contribution in [0.1, 0.15) is 49.7 Å². The normalized spacial score (nSPS) is 20.2. The Morgan fingerprint density at radius 2 is 1.90 bits per heavy atom. The van der Waals surface area contributed by atoms with E-state index >= 15 is 0 Å². The molecule has 0 bridgehead atoms. The molecule has 0 spiro atoms. The van der Waals surface area contributed by atoms with Crippen LogP contribution >= 0.6 is 0 Å². The summed E-state index contributed by atoms with van der Waals surface area (Å²) >= 11 is 0. The van der Waals surface area contributed by atoms with Crippen LogP contribution in [0.25, 0.3) is 0 Å². The van der Waals surface area contributed by atoms with E-state index in [9.17, 15) is 5.11 Å². The molecule has 21 heavy (non-hydrogen) atoms. The maximum absolute atomic E-state index is 10.0. The maximum Gasteiger partial charge on any atom is 0.0945 e.